The molecule has 0 unspecified atom stereocenters. The van der Waals surface area contributed by atoms with E-state index in [1.165, 1.54) is 12.1 Å². The summed E-state index contributed by atoms with van der Waals surface area (Å²) in [5.41, 5.74) is 2.69. The van der Waals surface area contributed by atoms with Crippen LogP contribution in [0.25, 0.3) is 0 Å². The second-order valence-electron chi connectivity index (χ2n) is 6.20. The lowest BCUT2D eigenvalue weighted by atomic mass is 10.1. The Labute approximate surface area is 142 Å². The van der Waals surface area contributed by atoms with Crippen LogP contribution in [0.4, 0.5) is 5.69 Å². The van der Waals surface area contributed by atoms with E-state index in [-0.39, 0.29) is 16.8 Å². The van der Waals surface area contributed by atoms with Gasteiger partial charge in [-0.1, -0.05) is 23.8 Å². The summed E-state index contributed by atoms with van der Waals surface area (Å²) >= 11 is 0. The summed E-state index contributed by atoms with van der Waals surface area (Å²) in [6.45, 7) is 3.73. The molecule has 0 spiro atoms. The van der Waals surface area contributed by atoms with Gasteiger partial charge in [0.05, 0.1) is 4.90 Å². The zero-order valence-electron chi connectivity index (χ0n) is 13.7. The third-order valence-electron chi connectivity index (χ3n) is 3.98. The SMILES string of the molecule is Cc1ccc(NS(=O)(=O)c2ccc(C)c(C(=O)NC3CC3)c2)cc1. The molecule has 3 rings (SSSR count). The molecule has 1 amide bonds. The fourth-order valence-corrected chi connectivity index (χ4v) is 3.42. The van der Waals surface area contributed by atoms with E-state index in [4.69, 9.17) is 0 Å². The Morgan fingerprint density at radius 3 is 2.33 bits per heavy atom. The van der Waals surface area contributed by atoms with Crippen LogP contribution in [0.5, 0.6) is 0 Å². The van der Waals surface area contributed by atoms with Crippen LogP contribution in [0.15, 0.2) is 47.4 Å². The highest BCUT2D eigenvalue weighted by Crippen LogP contribution is 2.22. The minimum Gasteiger partial charge on any atom is -0.349 e. The Bertz CT molecular complexity index is 870. The number of sulfonamides is 1. The average Bonchev–Trinajstić information content (AvgIpc) is 3.33. The standard InChI is InChI=1S/C18H20N2O3S/c1-12-3-6-15(7-4-12)20-24(22,23)16-10-5-13(2)17(11-16)18(21)19-14-8-9-14/h3-7,10-11,14,20H,8-9H2,1-2H3,(H,19,21). The maximum Gasteiger partial charge on any atom is 0.261 e. The molecule has 1 aliphatic carbocycles. The van der Waals surface area contributed by atoms with Crippen molar-refractivity contribution in [1.82, 2.24) is 5.32 Å². The number of rotatable bonds is 5. The average molecular weight is 344 g/mol. The first-order valence-electron chi connectivity index (χ1n) is 7.86. The topological polar surface area (TPSA) is 75.3 Å². The van der Waals surface area contributed by atoms with E-state index >= 15 is 0 Å². The summed E-state index contributed by atoms with van der Waals surface area (Å²) in [6, 6.07) is 11.9. The van der Waals surface area contributed by atoms with Crippen LogP contribution in [0.3, 0.4) is 0 Å². The second-order valence-corrected chi connectivity index (χ2v) is 7.88. The van der Waals surface area contributed by atoms with Crippen LogP contribution >= 0.6 is 0 Å². The lowest BCUT2D eigenvalue weighted by Crippen LogP contribution is -2.26. The third kappa shape index (κ3) is 3.76. The van der Waals surface area contributed by atoms with Crippen LogP contribution in [-0.4, -0.2) is 20.4 Å². The maximum absolute atomic E-state index is 12.6. The second kappa shape index (κ2) is 6.28. The Kier molecular flexibility index (Phi) is 4.32. The quantitative estimate of drug-likeness (QED) is 0.875. The van der Waals surface area contributed by atoms with E-state index in [0.717, 1.165) is 24.0 Å². The summed E-state index contributed by atoms with van der Waals surface area (Å²) in [7, 11) is -3.74. The molecule has 0 saturated heterocycles. The van der Waals surface area contributed by atoms with Crippen molar-refractivity contribution in [2.75, 3.05) is 4.72 Å². The molecule has 5 nitrogen and oxygen atoms in total. The number of hydrogen-bond acceptors (Lipinski definition) is 3. The fraction of sp³-hybridized carbons (Fsp3) is 0.278. The summed E-state index contributed by atoms with van der Waals surface area (Å²) in [5.74, 6) is -0.220. The Balaban J connectivity index is 1.86. The third-order valence-corrected chi connectivity index (χ3v) is 5.36. The molecule has 0 aliphatic heterocycles. The Morgan fingerprint density at radius 2 is 1.71 bits per heavy atom. The first kappa shape index (κ1) is 16.5. The van der Waals surface area contributed by atoms with Gasteiger partial charge in [0.15, 0.2) is 0 Å². The van der Waals surface area contributed by atoms with Crippen molar-refractivity contribution in [1.29, 1.82) is 0 Å². The number of benzene rings is 2. The maximum atomic E-state index is 12.6. The van der Waals surface area contributed by atoms with E-state index < -0.39 is 10.0 Å². The highest BCUT2D eigenvalue weighted by atomic mass is 32.2. The molecule has 1 fully saturated rings. The normalized spacial score (nSPS) is 14.2. The van der Waals surface area contributed by atoms with E-state index in [1.54, 1.807) is 25.1 Å². The van der Waals surface area contributed by atoms with Crippen molar-refractivity contribution in [2.24, 2.45) is 0 Å². The molecule has 0 radical (unpaired) electrons. The van der Waals surface area contributed by atoms with Gasteiger partial charge in [-0.25, -0.2) is 8.42 Å². The van der Waals surface area contributed by atoms with Gasteiger partial charge in [0, 0.05) is 17.3 Å². The first-order valence-corrected chi connectivity index (χ1v) is 9.34. The van der Waals surface area contributed by atoms with Crippen molar-refractivity contribution >= 4 is 21.6 Å². The predicted molar refractivity (Wildman–Crippen MR) is 93.7 cm³/mol. The molecule has 1 saturated carbocycles. The lowest BCUT2D eigenvalue weighted by Gasteiger charge is -2.11. The van der Waals surface area contributed by atoms with Gasteiger partial charge in [0.25, 0.3) is 15.9 Å². The number of carbonyl (C=O) groups is 1. The first-order chi connectivity index (χ1) is 11.3. The number of amides is 1. The van der Waals surface area contributed by atoms with Gasteiger partial charge < -0.3 is 5.32 Å². The highest BCUT2D eigenvalue weighted by molar-refractivity contribution is 7.92. The largest absolute Gasteiger partial charge is 0.349 e. The summed E-state index contributed by atoms with van der Waals surface area (Å²) in [6.07, 6.45) is 1.97. The summed E-state index contributed by atoms with van der Waals surface area (Å²) < 4.78 is 27.7. The van der Waals surface area contributed by atoms with Gasteiger partial charge in [-0.2, -0.15) is 0 Å². The lowest BCUT2D eigenvalue weighted by molar-refractivity contribution is 0.0950. The van der Waals surface area contributed by atoms with Crippen molar-refractivity contribution in [3.8, 4) is 0 Å². The van der Waals surface area contributed by atoms with Gasteiger partial charge in [0.2, 0.25) is 0 Å². The molecular weight excluding hydrogens is 324 g/mol. The monoisotopic (exact) mass is 344 g/mol. The zero-order valence-corrected chi connectivity index (χ0v) is 14.5. The minimum atomic E-state index is -3.74. The summed E-state index contributed by atoms with van der Waals surface area (Å²) in [5, 5.41) is 2.89. The van der Waals surface area contributed by atoms with Gasteiger partial charge in [0.1, 0.15) is 0 Å². The number of hydrogen-bond donors (Lipinski definition) is 2. The van der Waals surface area contributed by atoms with E-state index in [1.807, 2.05) is 19.1 Å². The fourth-order valence-electron chi connectivity index (χ4n) is 2.34. The van der Waals surface area contributed by atoms with Crippen molar-refractivity contribution in [3.63, 3.8) is 0 Å². The highest BCUT2D eigenvalue weighted by Gasteiger charge is 2.25. The van der Waals surface area contributed by atoms with Gasteiger partial charge in [-0.15, -0.1) is 0 Å². The van der Waals surface area contributed by atoms with E-state index in [2.05, 4.69) is 10.0 Å². The van der Waals surface area contributed by atoms with Crippen LogP contribution in [0, 0.1) is 13.8 Å². The van der Waals surface area contributed by atoms with Gasteiger partial charge in [-0.3, -0.25) is 9.52 Å². The van der Waals surface area contributed by atoms with Crippen molar-refractivity contribution in [3.05, 3.63) is 59.2 Å². The number of aryl methyl sites for hydroxylation is 2. The molecule has 24 heavy (non-hydrogen) atoms. The Morgan fingerprint density at radius 1 is 1.04 bits per heavy atom. The molecule has 0 atom stereocenters. The van der Waals surface area contributed by atoms with Crippen molar-refractivity contribution in [2.45, 2.75) is 37.6 Å². The predicted octanol–water partition coefficient (Wildman–Crippen LogP) is 3.00. The summed E-state index contributed by atoms with van der Waals surface area (Å²) in [4.78, 5) is 12.3. The number of anilines is 1. The molecule has 0 heterocycles. The molecule has 1 aliphatic rings. The Hall–Kier alpha value is -2.34. The molecule has 0 aromatic heterocycles. The van der Waals surface area contributed by atoms with Gasteiger partial charge in [-0.05, 0) is 56.5 Å². The molecule has 2 aromatic rings. The molecule has 126 valence electrons. The van der Waals surface area contributed by atoms with Crippen LogP contribution in [0.2, 0.25) is 0 Å². The van der Waals surface area contributed by atoms with Crippen molar-refractivity contribution < 1.29 is 13.2 Å². The van der Waals surface area contributed by atoms with Crippen LogP contribution < -0.4 is 10.0 Å². The van der Waals surface area contributed by atoms with E-state index in [9.17, 15) is 13.2 Å². The van der Waals surface area contributed by atoms with Crippen LogP contribution in [-0.2, 0) is 10.0 Å². The molecule has 0 bridgehead atoms. The zero-order chi connectivity index (χ0) is 17.3. The molecule has 6 heteroatoms. The molecule has 2 N–H and O–H groups in total. The molecule has 2 aromatic carbocycles. The number of nitrogens with one attached hydrogen (secondary N) is 2. The van der Waals surface area contributed by atoms with E-state index in [0.29, 0.717) is 11.3 Å². The smallest absolute Gasteiger partial charge is 0.261 e. The molecular formula is C18H20N2O3S. The van der Waals surface area contributed by atoms with Gasteiger partial charge >= 0.3 is 0 Å². The number of carbonyl (C=O) groups excluding carboxylic acids is 1. The minimum absolute atomic E-state index is 0.0784. The van der Waals surface area contributed by atoms with Crippen LogP contribution in [0.1, 0.15) is 34.3 Å².